The molecule has 1 amide bonds. The van der Waals surface area contributed by atoms with E-state index in [-0.39, 0.29) is 17.6 Å². The van der Waals surface area contributed by atoms with Gasteiger partial charge < -0.3 is 10.1 Å². The maximum Gasteiger partial charge on any atom is 0.238 e. The molecule has 1 heterocycles. The molecule has 1 N–H and O–H groups in total. The van der Waals surface area contributed by atoms with Crippen molar-refractivity contribution in [2.45, 2.75) is 26.7 Å². The van der Waals surface area contributed by atoms with Crippen LogP contribution in [-0.2, 0) is 4.79 Å². The molecule has 1 fully saturated rings. The zero-order chi connectivity index (χ0) is 20.1. The van der Waals surface area contributed by atoms with E-state index < -0.39 is 0 Å². The average molecular weight is 380 g/mol. The summed E-state index contributed by atoms with van der Waals surface area (Å²) in [6, 6.07) is 13.3. The molecule has 3 rings (SSSR count). The second-order valence-corrected chi connectivity index (χ2v) is 7.46. The van der Waals surface area contributed by atoms with Gasteiger partial charge in [-0.15, -0.1) is 0 Å². The molecule has 1 saturated heterocycles. The zero-order valence-electron chi connectivity index (χ0n) is 16.8. The summed E-state index contributed by atoms with van der Waals surface area (Å²) in [5.41, 5.74) is 3.76. The minimum atomic E-state index is -0.00247. The Balaban J connectivity index is 1.50. The van der Waals surface area contributed by atoms with Crippen LogP contribution in [0.15, 0.2) is 42.5 Å². The standard InChI is InChI=1S/C23H28N2O3/c1-16-5-4-6-17(2)22(16)24-21(26)15-25-13-11-19(12-14-25)23(27)18-7-9-20(28-3)10-8-18/h4-10,19H,11-15H2,1-3H3,(H,24,26). The van der Waals surface area contributed by atoms with E-state index in [1.807, 2.05) is 56.3 Å². The topological polar surface area (TPSA) is 58.6 Å². The Morgan fingerprint density at radius 1 is 1.04 bits per heavy atom. The second-order valence-electron chi connectivity index (χ2n) is 7.46. The lowest BCUT2D eigenvalue weighted by Crippen LogP contribution is -2.40. The number of anilines is 1. The van der Waals surface area contributed by atoms with Crippen molar-refractivity contribution in [1.29, 1.82) is 0 Å². The summed E-state index contributed by atoms with van der Waals surface area (Å²) in [5.74, 6) is 0.951. The number of piperidine rings is 1. The molecule has 0 saturated carbocycles. The van der Waals surface area contributed by atoms with Gasteiger partial charge in [-0.1, -0.05) is 18.2 Å². The van der Waals surface area contributed by atoms with E-state index in [0.717, 1.165) is 54.1 Å². The molecule has 28 heavy (non-hydrogen) atoms. The molecular weight excluding hydrogens is 352 g/mol. The number of nitrogens with zero attached hydrogens (tertiary/aromatic N) is 1. The number of rotatable bonds is 6. The van der Waals surface area contributed by atoms with Crippen molar-refractivity contribution in [3.8, 4) is 5.75 Å². The number of carbonyl (C=O) groups excluding carboxylic acids is 2. The summed E-state index contributed by atoms with van der Waals surface area (Å²) >= 11 is 0. The van der Waals surface area contributed by atoms with Gasteiger partial charge in [0.1, 0.15) is 5.75 Å². The van der Waals surface area contributed by atoms with Crippen LogP contribution >= 0.6 is 0 Å². The van der Waals surface area contributed by atoms with Crippen molar-refractivity contribution < 1.29 is 14.3 Å². The highest BCUT2D eigenvalue weighted by molar-refractivity contribution is 5.98. The summed E-state index contributed by atoms with van der Waals surface area (Å²) in [6.45, 7) is 5.87. The number of hydrogen-bond acceptors (Lipinski definition) is 4. The SMILES string of the molecule is COc1ccc(C(=O)C2CCN(CC(=O)Nc3c(C)cccc3C)CC2)cc1. The minimum Gasteiger partial charge on any atom is -0.497 e. The normalized spacial score (nSPS) is 15.2. The third kappa shape index (κ3) is 4.78. The first-order chi connectivity index (χ1) is 13.5. The van der Waals surface area contributed by atoms with Crippen LogP contribution in [0.25, 0.3) is 0 Å². The minimum absolute atomic E-state index is 0.00247. The molecular formula is C23H28N2O3. The summed E-state index contributed by atoms with van der Waals surface area (Å²) < 4.78 is 5.15. The number of ether oxygens (including phenoxy) is 1. The number of methoxy groups -OCH3 is 1. The van der Waals surface area contributed by atoms with Crippen LogP contribution in [0.5, 0.6) is 5.75 Å². The molecule has 0 atom stereocenters. The van der Waals surface area contributed by atoms with E-state index in [4.69, 9.17) is 4.74 Å². The molecule has 2 aromatic rings. The molecule has 1 aliphatic heterocycles. The van der Waals surface area contributed by atoms with Crippen molar-refractivity contribution >= 4 is 17.4 Å². The number of Topliss-reactive ketones (excluding diaryl/α,β-unsaturated/α-hetero) is 1. The highest BCUT2D eigenvalue weighted by Crippen LogP contribution is 2.24. The van der Waals surface area contributed by atoms with E-state index >= 15 is 0 Å². The Hall–Kier alpha value is -2.66. The Bertz CT molecular complexity index is 817. The van der Waals surface area contributed by atoms with Gasteiger partial charge in [0.05, 0.1) is 13.7 Å². The molecule has 5 heteroatoms. The van der Waals surface area contributed by atoms with Crippen molar-refractivity contribution in [2.24, 2.45) is 5.92 Å². The van der Waals surface area contributed by atoms with Crippen LogP contribution in [-0.4, -0.2) is 43.3 Å². The van der Waals surface area contributed by atoms with Gasteiger partial charge in [0, 0.05) is 17.2 Å². The quantitative estimate of drug-likeness (QED) is 0.774. The summed E-state index contributed by atoms with van der Waals surface area (Å²) in [6.07, 6.45) is 1.56. The number of benzene rings is 2. The Kier molecular flexibility index (Phi) is 6.47. The van der Waals surface area contributed by atoms with Gasteiger partial charge in [-0.2, -0.15) is 0 Å². The van der Waals surface area contributed by atoms with Gasteiger partial charge in [-0.05, 0) is 75.2 Å². The van der Waals surface area contributed by atoms with Gasteiger partial charge in [-0.25, -0.2) is 0 Å². The van der Waals surface area contributed by atoms with E-state index in [0.29, 0.717) is 6.54 Å². The highest BCUT2D eigenvalue weighted by atomic mass is 16.5. The molecule has 1 aliphatic rings. The maximum absolute atomic E-state index is 12.7. The first kappa shape index (κ1) is 20.1. The summed E-state index contributed by atoms with van der Waals surface area (Å²) in [5, 5.41) is 3.04. The number of ketones is 1. The fourth-order valence-corrected chi connectivity index (χ4v) is 3.74. The number of para-hydroxylation sites is 1. The Labute approximate surface area is 166 Å². The number of nitrogens with one attached hydrogen (secondary N) is 1. The Morgan fingerprint density at radius 2 is 1.64 bits per heavy atom. The number of carbonyl (C=O) groups is 2. The third-order valence-corrected chi connectivity index (χ3v) is 5.45. The fraction of sp³-hybridized carbons (Fsp3) is 0.391. The van der Waals surface area contributed by atoms with Gasteiger partial charge in [-0.3, -0.25) is 14.5 Å². The predicted molar refractivity (Wildman–Crippen MR) is 111 cm³/mol. The van der Waals surface area contributed by atoms with E-state index in [9.17, 15) is 9.59 Å². The van der Waals surface area contributed by atoms with Crippen molar-refractivity contribution in [1.82, 2.24) is 4.90 Å². The van der Waals surface area contributed by atoms with Crippen LogP contribution in [0.3, 0.4) is 0 Å². The number of amides is 1. The van der Waals surface area contributed by atoms with Gasteiger partial charge in [0.25, 0.3) is 0 Å². The van der Waals surface area contributed by atoms with Crippen LogP contribution in [0, 0.1) is 19.8 Å². The number of aryl methyl sites for hydroxylation is 2. The second kappa shape index (κ2) is 9.02. The lowest BCUT2D eigenvalue weighted by Gasteiger charge is -2.30. The average Bonchev–Trinajstić information content (AvgIpc) is 2.71. The summed E-state index contributed by atoms with van der Waals surface area (Å²) in [7, 11) is 1.61. The first-order valence-electron chi connectivity index (χ1n) is 9.74. The van der Waals surface area contributed by atoms with Gasteiger partial charge >= 0.3 is 0 Å². The van der Waals surface area contributed by atoms with Crippen molar-refractivity contribution in [3.63, 3.8) is 0 Å². The predicted octanol–water partition coefficient (Wildman–Crippen LogP) is 3.85. The van der Waals surface area contributed by atoms with Crippen molar-refractivity contribution in [3.05, 3.63) is 59.2 Å². The number of hydrogen-bond donors (Lipinski definition) is 1. The molecule has 2 aromatic carbocycles. The van der Waals surface area contributed by atoms with Crippen LogP contribution < -0.4 is 10.1 Å². The monoisotopic (exact) mass is 380 g/mol. The third-order valence-electron chi connectivity index (χ3n) is 5.45. The van der Waals surface area contributed by atoms with Crippen LogP contribution in [0.2, 0.25) is 0 Å². The summed E-state index contributed by atoms with van der Waals surface area (Å²) in [4.78, 5) is 27.3. The van der Waals surface area contributed by atoms with E-state index in [1.165, 1.54) is 0 Å². The van der Waals surface area contributed by atoms with Crippen molar-refractivity contribution in [2.75, 3.05) is 32.1 Å². The number of likely N-dealkylation sites (tertiary alicyclic amines) is 1. The molecule has 0 radical (unpaired) electrons. The molecule has 148 valence electrons. The molecule has 0 bridgehead atoms. The Morgan fingerprint density at radius 3 is 2.21 bits per heavy atom. The highest BCUT2D eigenvalue weighted by Gasteiger charge is 2.26. The lowest BCUT2D eigenvalue weighted by molar-refractivity contribution is -0.117. The smallest absolute Gasteiger partial charge is 0.238 e. The molecule has 5 nitrogen and oxygen atoms in total. The lowest BCUT2D eigenvalue weighted by atomic mass is 9.89. The van der Waals surface area contributed by atoms with Gasteiger partial charge in [0.2, 0.25) is 5.91 Å². The van der Waals surface area contributed by atoms with E-state index in [1.54, 1.807) is 7.11 Å². The fourth-order valence-electron chi connectivity index (χ4n) is 3.74. The van der Waals surface area contributed by atoms with Crippen LogP contribution in [0.1, 0.15) is 34.3 Å². The molecule has 0 aromatic heterocycles. The zero-order valence-corrected chi connectivity index (χ0v) is 16.8. The molecule has 0 aliphatic carbocycles. The first-order valence-corrected chi connectivity index (χ1v) is 9.74. The van der Waals surface area contributed by atoms with Crippen LogP contribution in [0.4, 0.5) is 5.69 Å². The van der Waals surface area contributed by atoms with Gasteiger partial charge in [0.15, 0.2) is 5.78 Å². The largest absolute Gasteiger partial charge is 0.497 e. The molecule has 0 unspecified atom stereocenters. The van der Waals surface area contributed by atoms with E-state index in [2.05, 4.69) is 10.2 Å². The molecule has 0 spiro atoms. The maximum atomic E-state index is 12.7.